The molecule has 0 aliphatic heterocycles. The molecule has 2 aliphatic rings. The molecular formula is C30H50N4O7. The van der Waals surface area contributed by atoms with Crippen molar-refractivity contribution in [3.05, 3.63) is 0 Å². The van der Waals surface area contributed by atoms with Crippen LogP contribution in [-0.2, 0) is 23.7 Å². The molecule has 0 aromatic rings. The first kappa shape index (κ1) is 34.4. The van der Waals surface area contributed by atoms with E-state index in [1.165, 1.54) is 0 Å². The molecule has 0 radical (unpaired) electrons. The Hall–Kier alpha value is -2.83. The van der Waals surface area contributed by atoms with Gasteiger partial charge in [-0.05, 0) is 66.6 Å². The molecule has 0 heterocycles. The third kappa shape index (κ3) is 13.1. The molecule has 0 aromatic carbocycles. The third-order valence-corrected chi connectivity index (χ3v) is 8.06. The minimum absolute atomic E-state index is 0.0890. The fourth-order valence-electron chi connectivity index (χ4n) is 7.70. The van der Waals surface area contributed by atoms with Crippen LogP contribution in [-0.4, -0.2) is 70.9 Å². The molecule has 4 unspecified atom stereocenters. The third-order valence-electron chi connectivity index (χ3n) is 8.06. The van der Waals surface area contributed by atoms with Crippen LogP contribution in [0.5, 0.6) is 0 Å². The standard InChI is InChI=1S/C30H50N4O7/c1-27(2)11-23(13-29(5,17-27)19-32-22-35)15-33-25(36)40-9-7-38-8-10-41-26(37)34-16-24-12-28(3,4)18-30(6,14-24)20-39-21-31/h23-24H,7-20H2,1-6H3,(H,33,36)(H,34,37). The molecule has 4 atom stereocenters. The van der Waals surface area contributed by atoms with Crippen LogP contribution >= 0.6 is 0 Å². The van der Waals surface area contributed by atoms with Crippen LogP contribution in [0, 0.1) is 45.0 Å². The lowest BCUT2D eigenvalue weighted by Gasteiger charge is -2.46. The average molecular weight is 579 g/mol. The highest BCUT2D eigenvalue weighted by atomic mass is 16.6. The summed E-state index contributed by atoms with van der Waals surface area (Å²) in [5, 5.41) is 14.5. The van der Waals surface area contributed by atoms with Crippen LogP contribution in [0.4, 0.5) is 9.59 Å². The lowest BCUT2D eigenvalue weighted by atomic mass is 9.60. The number of hydrogen-bond donors (Lipinski definition) is 2. The Morgan fingerprint density at radius 2 is 1.29 bits per heavy atom. The van der Waals surface area contributed by atoms with Crippen molar-refractivity contribution in [1.82, 2.24) is 10.6 Å². The van der Waals surface area contributed by atoms with Gasteiger partial charge < -0.3 is 29.6 Å². The molecule has 0 bridgehead atoms. The minimum Gasteiger partial charge on any atom is -0.447 e. The van der Waals surface area contributed by atoms with Crippen LogP contribution in [0.15, 0.2) is 4.99 Å². The number of carbonyl (C=O) groups is 2. The number of carbonyl (C=O) groups excluding carboxylic acids is 3. The Kier molecular flexibility index (Phi) is 12.9. The summed E-state index contributed by atoms with van der Waals surface area (Å²) in [5.74, 6) is 0.535. The van der Waals surface area contributed by atoms with Gasteiger partial charge in [0.25, 0.3) is 6.26 Å². The van der Waals surface area contributed by atoms with Crippen LogP contribution in [0.1, 0.15) is 80.1 Å². The number of nitrogens with zero attached hydrogens (tertiary/aromatic N) is 2. The fourth-order valence-corrected chi connectivity index (χ4v) is 7.70. The molecular weight excluding hydrogens is 528 g/mol. The van der Waals surface area contributed by atoms with Crippen molar-refractivity contribution in [2.45, 2.75) is 80.1 Å². The first-order valence-corrected chi connectivity index (χ1v) is 14.6. The Balaban J connectivity index is 1.56. The quantitative estimate of drug-likeness (QED) is 0.127. The van der Waals surface area contributed by atoms with Gasteiger partial charge in [0.2, 0.25) is 6.08 Å². The molecule has 11 nitrogen and oxygen atoms in total. The first-order valence-electron chi connectivity index (χ1n) is 14.6. The van der Waals surface area contributed by atoms with Crippen molar-refractivity contribution in [2.75, 3.05) is 52.7 Å². The Morgan fingerprint density at radius 3 is 1.78 bits per heavy atom. The molecule has 2 amide bonds. The van der Waals surface area contributed by atoms with Crippen LogP contribution < -0.4 is 10.6 Å². The second-order valence-corrected chi connectivity index (χ2v) is 14.3. The predicted molar refractivity (Wildman–Crippen MR) is 153 cm³/mol. The zero-order valence-corrected chi connectivity index (χ0v) is 25.8. The highest BCUT2D eigenvalue weighted by Crippen LogP contribution is 2.49. The summed E-state index contributed by atoms with van der Waals surface area (Å²) < 4.78 is 20.9. The van der Waals surface area contributed by atoms with E-state index in [4.69, 9.17) is 24.2 Å². The molecule has 11 heteroatoms. The molecule has 2 aliphatic carbocycles. The van der Waals surface area contributed by atoms with Crippen molar-refractivity contribution in [3.8, 4) is 6.26 Å². The monoisotopic (exact) mass is 578 g/mol. The van der Waals surface area contributed by atoms with Crippen molar-refractivity contribution < 1.29 is 33.3 Å². The molecule has 0 saturated heterocycles. The van der Waals surface area contributed by atoms with Crippen molar-refractivity contribution in [1.29, 1.82) is 5.26 Å². The summed E-state index contributed by atoms with van der Waals surface area (Å²) in [4.78, 5) is 38.7. The summed E-state index contributed by atoms with van der Waals surface area (Å²) in [6.07, 6.45) is 8.02. The van der Waals surface area contributed by atoms with E-state index in [0.717, 1.165) is 38.5 Å². The first-order chi connectivity index (χ1) is 19.2. The zero-order valence-electron chi connectivity index (χ0n) is 25.8. The molecule has 0 spiro atoms. The van der Waals surface area contributed by atoms with Gasteiger partial charge in [-0.25, -0.2) is 19.4 Å². The van der Waals surface area contributed by atoms with Gasteiger partial charge in [-0.15, -0.1) is 0 Å². The maximum Gasteiger partial charge on any atom is 0.407 e. The van der Waals surface area contributed by atoms with Gasteiger partial charge in [-0.1, -0.05) is 41.5 Å². The van der Waals surface area contributed by atoms with E-state index in [0.29, 0.717) is 26.2 Å². The number of amides is 2. The predicted octanol–water partition coefficient (Wildman–Crippen LogP) is 4.95. The maximum absolute atomic E-state index is 12.1. The van der Waals surface area contributed by atoms with Crippen molar-refractivity contribution >= 4 is 18.3 Å². The minimum atomic E-state index is -0.499. The topological polar surface area (TPSA) is 148 Å². The smallest absolute Gasteiger partial charge is 0.407 e. The van der Waals surface area contributed by atoms with Crippen molar-refractivity contribution in [3.63, 3.8) is 0 Å². The molecule has 232 valence electrons. The fraction of sp³-hybridized carbons (Fsp3) is 0.867. The van der Waals surface area contributed by atoms with Gasteiger partial charge in [-0.2, -0.15) is 5.26 Å². The van der Waals surface area contributed by atoms with E-state index in [2.05, 4.69) is 57.2 Å². The van der Waals surface area contributed by atoms with Gasteiger partial charge in [0, 0.05) is 18.5 Å². The molecule has 2 N–H and O–H groups in total. The number of nitriles is 1. The van der Waals surface area contributed by atoms with Crippen LogP contribution in [0.25, 0.3) is 0 Å². The van der Waals surface area contributed by atoms with Crippen molar-refractivity contribution in [2.24, 2.45) is 38.5 Å². The number of isocyanates is 1. The summed E-state index contributed by atoms with van der Waals surface area (Å²) in [6, 6.07) is 0. The van der Waals surface area contributed by atoms with Gasteiger partial charge in [-0.3, -0.25) is 0 Å². The maximum atomic E-state index is 12.1. The highest BCUT2D eigenvalue weighted by molar-refractivity contribution is 5.67. The molecule has 41 heavy (non-hydrogen) atoms. The number of rotatable bonds is 14. The number of ether oxygens (including phenoxy) is 4. The van der Waals surface area contributed by atoms with Gasteiger partial charge in [0.1, 0.15) is 19.8 Å². The lowest BCUT2D eigenvalue weighted by Crippen LogP contribution is -2.42. The van der Waals surface area contributed by atoms with Crippen LogP contribution in [0.3, 0.4) is 0 Å². The van der Waals surface area contributed by atoms with Gasteiger partial charge in [0.15, 0.2) is 0 Å². The SMILES string of the molecule is CC1(C)CC(CNC(=O)OCCOCCOC(=O)NCC2CC(C)(C)CC(C)(COC#N)C2)CC(C)(CN=C=O)C1. The normalized spacial score (nSPS) is 28.3. The average Bonchev–Trinajstić information content (AvgIpc) is 2.85. The Bertz CT molecular complexity index is 959. The van der Waals surface area contributed by atoms with E-state index >= 15 is 0 Å². The second-order valence-electron chi connectivity index (χ2n) is 14.3. The largest absolute Gasteiger partial charge is 0.447 e. The number of aliphatic imine (C=N–C) groups is 1. The summed E-state index contributed by atoms with van der Waals surface area (Å²) >= 11 is 0. The number of alkyl carbamates (subject to hydrolysis) is 2. The van der Waals surface area contributed by atoms with E-state index < -0.39 is 12.2 Å². The lowest BCUT2D eigenvalue weighted by molar-refractivity contribution is 0.00737. The van der Waals surface area contributed by atoms with E-state index in [1.54, 1.807) is 12.3 Å². The summed E-state index contributed by atoms with van der Waals surface area (Å²) in [6.45, 7) is 15.5. The Morgan fingerprint density at radius 1 is 0.805 bits per heavy atom. The highest BCUT2D eigenvalue weighted by Gasteiger charge is 2.42. The number of hydrogen-bond acceptors (Lipinski definition) is 9. The molecule has 2 rings (SSSR count). The molecule has 2 saturated carbocycles. The molecule has 0 aromatic heterocycles. The van der Waals surface area contributed by atoms with E-state index in [1.807, 2.05) is 0 Å². The van der Waals surface area contributed by atoms with E-state index in [9.17, 15) is 14.4 Å². The number of nitrogens with one attached hydrogen (secondary N) is 2. The van der Waals surface area contributed by atoms with Gasteiger partial charge in [0.05, 0.1) is 19.8 Å². The second kappa shape index (κ2) is 15.4. The summed E-state index contributed by atoms with van der Waals surface area (Å²) in [5.41, 5.74) is -0.0146. The van der Waals surface area contributed by atoms with Crippen LogP contribution in [0.2, 0.25) is 0 Å². The Labute approximate surface area is 245 Å². The summed E-state index contributed by atoms with van der Waals surface area (Å²) in [7, 11) is 0. The zero-order chi connectivity index (χ0) is 30.6. The molecule has 2 fully saturated rings. The van der Waals surface area contributed by atoms with E-state index in [-0.39, 0.29) is 59.9 Å². The van der Waals surface area contributed by atoms with Gasteiger partial charge >= 0.3 is 12.2 Å².